The fourth-order valence-corrected chi connectivity index (χ4v) is 18.4. The van der Waals surface area contributed by atoms with Crippen LogP contribution >= 0.6 is 0 Å². The number of rotatable bonds is 22. The van der Waals surface area contributed by atoms with Crippen LogP contribution in [0.1, 0.15) is 67.5 Å². The van der Waals surface area contributed by atoms with Crippen molar-refractivity contribution in [2.24, 2.45) is 0 Å². The lowest BCUT2D eigenvalue weighted by molar-refractivity contribution is 1.18. The monoisotopic (exact) mass is 1850 g/mol. The van der Waals surface area contributed by atoms with Gasteiger partial charge < -0.3 is 0 Å². The van der Waals surface area contributed by atoms with Crippen LogP contribution in [0.5, 0.6) is 0 Å². The summed E-state index contributed by atoms with van der Waals surface area (Å²) in [6, 6.07) is 102. The Hall–Kier alpha value is -18.4. The molecule has 0 unspecified atom stereocenters. The molecule has 0 aliphatic carbocycles. The van der Waals surface area contributed by atoms with Gasteiger partial charge in [-0.05, 0) is 272 Å². The molecule has 0 aliphatic heterocycles. The lowest BCUT2D eigenvalue weighted by Crippen LogP contribution is -1.93. The van der Waals surface area contributed by atoms with Crippen LogP contribution in [0.25, 0.3) is 246 Å². The summed E-state index contributed by atoms with van der Waals surface area (Å²) < 4.78 is 283. The second-order valence-electron chi connectivity index (χ2n) is 34.0. The van der Waals surface area contributed by atoms with Crippen molar-refractivity contribution in [2.75, 3.05) is 0 Å². The molecule has 18 aromatic carbocycles. The molecule has 0 bridgehead atoms. The van der Waals surface area contributed by atoms with Crippen LogP contribution in [0, 0.1) is 27.4 Å². The molecule has 6 nitrogen and oxygen atoms in total. The largest absolute Gasteiger partial charge is 0.256 e. The third-order valence-electron chi connectivity index (χ3n) is 25.6. The van der Waals surface area contributed by atoms with Gasteiger partial charge in [-0.1, -0.05) is 412 Å². The third kappa shape index (κ3) is 18.0. The molecule has 0 spiro atoms. The van der Waals surface area contributed by atoms with Gasteiger partial charge in [0.15, 0.2) is 0 Å². The Morgan fingerprint density at radius 2 is 0.296 bits per heavy atom. The summed E-state index contributed by atoms with van der Waals surface area (Å²) in [5, 5.41) is 0. The number of hydrogen-bond acceptors (Lipinski definition) is 6. The predicted molar refractivity (Wildman–Crippen MR) is 592 cm³/mol. The molecule has 0 aliphatic rings. The summed E-state index contributed by atoms with van der Waals surface area (Å²) in [7, 11) is 0. The number of benzene rings is 18. The maximum absolute atomic E-state index is 9.23. The lowest BCUT2D eigenvalue weighted by Gasteiger charge is -2.18. The summed E-state index contributed by atoms with van der Waals surface area (Å²) in [6.45, 7) is -11.2. The van der Waals surface area contributed by atoms with Crippen LogP contribution in [0.4, 0.5) is 0 Å². The van der Waals surface area contributed by atoms with E-state index in [1.54, 1.807) is 0 Å². The van der Waals surface area contributed by atoms with Crippen LogP contribution in [-0.2, 0) is 0 Å². The molecule has 0 atom stereocenters. The van der Waals surface area contributed by atoms with Crippen molar-refractivity contribution < 1.29 is 45.2 Å². The van der Waals surface area contributed by atoms with E-state index in [0.717, 1.165) is 134 Å². The number of hydrogen-bond donors (Lipinski definition) is 0. The summed E-state index contributed by atoms with van der Waals surface area (Å²) in [6.07, 6.45) is 4.73. The highest BCUT2D eigenvalue weighted by Crippen LogP contribution is 2.48. The first kappa shape index (κ1) is 58.3. The van der Waals surface area contributed by atoms with Gasteiger partial charge in [-0.15, -0.1) is 0 Å². The molecular weight excluding hydrogens is 1720 g/mol. The van der Waals surface area contributed by atoms with Crippen molar-refractivity contribution in [3.63, 3.8) is 0 Å². The van der Waals surface area contributed by atoms with Crippen LogP contribution in [0.2, 0.25) is 0 Å². The molecule has 0 saturated heterocycles. The van der Waals surface area contributed by atoms with E-state index in [1.165, 1.54) is 49.1 Å². The normalized spacial score (nSPS) is 14.9. The summed E-state index contributed by atoms with van der Waals surface area (Å²) in [5.41, 5.74) is 22.7. The molecule has 0 radical (unpaired) electrons. The molecule has 6 heteroatoms. The Morgan fingerprint density at radius 3 is 0.465 bits per heavy atom. The van der Waals surface area contributed by atoms with Crippen molar-refractivity contribution in [3.8, 4) is 246 Å². The zero-order valence-corrected chi connectivity index (χ0v) is 75.6. The number of aromatic nitrogens is 6. The zero-order valence-electron chi connectivity index (χ0n) is 109. The second-order valence-corrected chi connectivity index (χ2v) is 34.0. The predicted octanol–water partition coefficient (Wildman–Crippen LogP) is 36.0. The summed E-state index contributed by atoms with van der Waals surface area (Å²) >= 11 is 0. The zero-order chi connectivity index (χ0) is 124. The molecule has 0 N–H and O–H groups in total. The highest BCUT2D eigenvalue weighted by Gasteiger charge is 2.23. The van der Waals surface area contributed by atoms with Gasteiger partial charge in [0.05, 0.1) is 61.6 Å². The van der Waals surface area contributed by atoms with Gasteiger partial charge in [-0.2, -0.15) is 0 Å². The Bertz CT molecular complexity index is 9360. The minimum atomic E-state index is -2.81. The number of pyridine rings is 4. The minimum absolute atomic E-state index is 0.122. The smallest absolute Gasteiger partial charge is 0.116 e. The standard InChI is InChI=1S/C136H96N6/c1-89-73-131(137-84-127(89)93-29-9-5-10-30-93)103-61-49-97(50-62-103)115-37-17-23-43-121(115)109-77-110(122-44-24-18-38-116(122)98-51-63-104(64-52-98)132-74-90(2)128(85-138-132)94-31-11-6-12-32-94)80-113(79-109)125-47-27-21-41-119(125)101-57-69-107(70-58-101)135-83-136(142-88-141-135)108-71-59-102(60-72-108)120-42-22-28-48-126(120)114-81-111(123-45-25-19-39-117(123)99-53-65-105(66-54-99)133-75-91(3)129(86-139-133)95-33-13-7-14-34-95)78-112(82-114)124-46-26-20-40-118(124)100-55-67-106(68-56-100)134-76-92(4)130(87-140-134)96-35-15-8-16-36-96/h5-88H,1-4H3/i1D3,2D3,3D3,4D3,5D,6D,7D,8D,9D,10D,11D,12D,13D,14D,15D,16D,29D,30D,31D,32D,33D,34D,35D,36D,88D. The van der Waals surface area contributed by atoms with E-state index in [9.17, 15) is 1.37 Å². The topological polar surface area (TPSA) is 77.3 Å². The van der Waals surface area contributed by atoms with Crippen LogP contribution in [0.15, 0.2) is 510 Å². The molecule has 23 rings (SSSR count). The molecule has 0 fully saturated rings. The molecule has 142 heavy (non-hydrogen) atoms. The highest BCUT2D eigenvalue weighted by molar-refractivity contribution is 5.98. The minimum Gasteiger partial charge on any atom is -0.256 e. The van der Waals surface area contributed by atoms with Gasteiger partial charge >= 0.3 is 0 Å². The first-order valence-electron chi connectivity index (χ1n) is 62.2. The first-order chi connectivity index (χ1) is 83.5. The maximum Gasteiger partial charge on any atom is 0.116 e. The molecular formula is C136H96N6. The fraction of sp³-hybridized carbons (Fsp3) is 0.0294. The van der Waals surface area contributed by atoms with Gasteiger partial charge in [0.1, 0.15) is 7.67 Å². The van der Waals surface area contributed by atoms with E-state index in [1.807, 2.05) is 273 Å². The molecule has 0 saturated carbocycles. The molecule has 0 amide bonds. The molecule has 23 aromatic rings. The van der Waals surface area contributed by atoms with Crippen molar-refractivity contribution in [2.45, 2.75) is 27.4 Å². The quantitative estimate of drug-likeness (QED) is 0.0673. The average molecular weight is 1850 g/mol. The summed E-state index contributed by atoms with van der Waals surface area (Å²) in [4.78, 5) is 28.1. The third-order valence-corrected chi connectivity index (χ3v) is 25.6. The van der Waals surface area contributed by atoms with Crippen LogP contribution in [-0.4, -0.2) is 29.9 Å². The van der Waals surface area contributed by atoms with E-state index in [-0.39, 0.29) is 95.8 Å². The lowest BCUT2D eigenvalue weighted by atomic mass is 9.86. The van der Waals surface area contributed by atoms with E-state index in [0.29, 0.717) is 44.8 Å². The maximum atomic E-state index is 9.23. The van der Waals surface area contributed by atoms with Gasteiger partial charge in [0.2, 0.25) is 0 Å². The molecule has 5 aromatic heterocycles. The highest BCUT2D eigenvalue weighted by atomic mass is 14.8. The average Bonchev–Trinajstić information content (AvgIpc) is 0.756. The second kappa shape index (κ2) is 39.0. The fourth-order valence-electron chi connectivity index (χ4n) is 18.4. The summed E-state index contributed by atoms with van der Waals surface area (Å²) in [5.74, 6) is 0. The molecule has 670 valence electrons. The Labute approximate surface area is 876 Å². The van der Waals surface area contributed by atoms with Gasteiger partial charge in [-0.3, -0.25) is 19.9 Å². The van der Waals surface area contributed by atoms with Crippen molar-refractivity contribution in [1.82, 2.24) is 29.9 Å². The Balaban J connectivity index is 0.583. The van der Waals surface area contributed by atoms with E-state index in [4.69, 9.17) is 53.8 Å². The first-order valence-corrected chi connectivity index (χ1v) is 45.7. The number of nitrogens with zero attached hydrogens (tertiary/aromatic N) is 6. The SMILES string of the molecule is [2H]c1nc(-c2ccc(-c3ccccc3-c3cc(-c4ccccc4-c4ccc(-c5cc(C([2H])([2H])[2H])c(-c6c([2H])c([2H])c([2H])c([2H])c6[2H])cn5)cc4)cc(-c4ccccc4-c4ccc(-c5cc(C([2H])([2H])[2H])c(-c6c([2H])c([2H])c([2H])c([2H])c6[2H])cn5)cc4)c3)cc2)cc(-c2ccc(-c3ccccc3-c3cc(-c4ccccc4-c4ccc(-c5cc(C([2H])([2H])[2H])c(-c6c([2H])c([2H])c([2H])c([2H])c6[2H])cn5)cc4)cc(-c4ccccc4-c4ccc(-c5cc(C([2H])([2H])[2H])c(-c6c([2H])c([2H])c([2H])c([2H])c6[2H])cn5)cc4)c3)cc2)n1. The number of aryl methyl sites for hydroxylation is 4. The molecule has 5 heterocycles. The van der Waals surface area contributed by atoms with E-state index < -0.39 is 148 Å². The Kier molecular flexibility index (Phi) is 16.0. The van der Waals surface area contributed by atoms with Crippen molar-refractivity contribution in [1.29, 1.82) is 0 Å². The van der Waals surface area contributed by atoms with Gasteiger partial charge in [-0.25, -0.2) is 9.97 Å². The van der Waals surface area contributed by atoms with Crippen LogP contribution in [0.3, 0.4) is 0 Å². The van der Waals surface area contributed by atoms with Gasteiger partial charge in [0.25, 0.3) is 0 Å². The Morgan fingerprint density at radius 1 is 0.141 bits per heavy atom. The van der Waals surface area contributed by atoms with Gasteiger partial charge in [0, 0.05) is 96.9 Å². The van der Waals surface area contributed by atoms with Crippen molar-refractivity contribution >= 4 is 0 Å². The van der Waals surface area contributed by atoms with E-state index in [2.05, 4.69) is 80.6 Å². The van der Waals surface area contributed by atoms with E-state index >= 15 is 0 Å². The van der Waals surface area contributed by atoms with Crippen molar-refractivity contribution in [3.05, 3.63) is 532 Å². The van der Waals surface area contributed by atoms with Crippen LogP contribution < -0.4 is 0 Å².